The first kappa shape index (κ1) is 26.7. The van der Waals surface area contributed by atoms with E-state index in [2.05, 4.69) is 15.6 Å². The lowest BCUT2D eigenvalue weighted by Gasteiger charge is -2.25. The molecule has 0 spiro atoms. The number of aromatic nitrogens is 3. The molecule has 11 heteroatoms. The average molecular weight is 540 g/mol. The molecule has 0 saturated carbocycles. The van der Waals surface area contributed by atoms with Gasteiger partial charge in [0, 0.05) is 30.2 Å². The van der Waals surface area contributed by atoms with Crippen LogP contribution in [0.3, 0.4) is 0 Å². The van der Waals surface area contributed by atoms with E-state index in [4.69, 9.17) is 16.3 Å². The Hall–Kier alpha value is -4.31. The number of rotatable bonds is 9. The number of hydrogen-bond donors (Lipinski definition) is 1. The molecule has 196 valence electrons. The number of amides is 2. The van der Waals surface area contributed by atoms with Crippen molar-refractivity contribution in [2.75, 3.05) is 19.1 Å². The second-order valence-corrected chi connectivity index (χ2v) is 8.97. The first-order valence-electron chi connectivity index (χ1n) is 11.5. The van der Waals surface area contributed by atoms with Crippen molar-refractivity contribution in [3.05, 3.63) is 106 Å². The summed E-state index contributed by atoms with van der Waals surface area (Å²) < 4.78 is 34.3. The van der Waals surface area contributed by atoms with Gasteiger partial charge in [-0.05, 0) is 59.7 Å². The van der Waals surface area contributed by atoms with E-state index in [0.717, 1.165) is 23.8 Å². The smallest absolute Gasteiger partial charge is 0.274 e. The number of nitrogens with one attached hydrogen (secondary N) is 1. The van der Waals surface area contributed by atoms with Gasteiger partial charge in [0.15, 0.2) is 5.69 Å². The fourth-order valence-corrected chi connectivity index (χ4v) is 3.95. The molecule has 0 saturated heterocycles. The molecule has 1 atom stereocenters. The topological polar surface area (TPSA) is 89.4 Å². The molecule has 1 aromatic heterocycles. The third-order valence-corrected chi connectivity index (χ3v) is 6.04. The summed E-state index contributed by atoms with van der Waals surface area (Å²) in [5.41, 5.74) is 1.62. The van der Waals surface area contributed by atoms with E-state index in [1.807, 2.05) is 12.1 Å². The summed E-state index contributed by atoms with van der Waals surface area (Å²) >= 11 is 5.92. The SMILES string of the molecule is COc1ccc(N(C)C(=O)C(Cc2cc(F)cc(F)c2)NC(=O)c2cn(Cc3ccc(Cl)cc3)nn2)cc1. The molecule has 0 fully saturated rings. The Kier molecular flexibility index (Phi) is 8.32. The Balaban J connectivity index is 1.54. The van der Waals surface area contributed by atoms with Gasteiger partial charge in [-0.1, -0.05) is 28.9 Å². The molecule has 0 radical (unpaired) electrons. The van der Waals surface area contributed by atoms with E-state index in [-0.39, 0.29) is 17.7 Å². The Bertz CT molecular complexity index is 1410. The Labute approximate surface area is 222 Å². The molecule has 1 unspecified atom stereocenters. The Morgan fingerprint density at radius 2 is 1.68 bits per heavy atom. The summed E-state index contributed by atoms with van der Waals surface area (Å²) in [6.07, 6.45) is 1.29. The van der Waals surface area contributed by atoms with E-state index < -0.39 is 29.5 Å². The summed E-state index contributed by atoms with van der Waals surface area (Å²) in [5, 5.41) is 11.1. The summed E-state index contributed by atoms with van der Waals surface area (Å²) in [7, 11) is 3.07. The zero-order valence-corrected chi connectivity index (χ0v) is 21.3. The van der Waals surface area contributed by atoms with Gasteiger partial charge in [-0.3, -0.25) is 9.59 Å². The quantitative estimate of drug-likeness (QED) is 0.343. The normalized spacial score (nSPS) is 11.6. The third kappa shape index (κ3) is 6.71. The van der Waals surface area contributed by atoms with Gasteiger partial charge >= 0.3 is 0 Å². The third-order valence-electron chi connectivity index (χ3n) is 5.79. The van der Waals surface area contributed by atoms with Crippen LogP contribution < -0.4 is 15.0 Å². The maximum Gasteiger partial charge on any atom is 0.274 e. The predicted molar refractivity (Wildman–Crippen MR) is 138 cm³/mol. The molecular formula is C27H24ClF2N5O3. The molecule has 0 aliphatic rings. The van der Waals surface area contributed by atoms with Gasteiger partial charge in [-0.15, -0.1) is 5.10 Å². The van der Waals surface area contributed by atoms with Crippen molar-refractivity contribution in [3.63, 3.8) is 0 Å². The van der Waals surface area contributed by atoms with Gasteiger partial charge in [0.1, 0.15) is 23.4 Å². The maximum absolute atomic E-state index is 13.8. The molecule has 8 nitrogen and oxygen atoms in total. The van der Waals surface area contributed by atoms with E-state index in [1.54, 1.807) is 36.4 Å². The minimum atomic E-state index is -1.16. The number of methoxy groups -OCH3 is 1. The highest BCUT2D eigenvalue weighted by atomic mass is 35.5. The zero-order valence-electron chi connectivity index (χ0n) is 20.6. The average Bonchev–Trinajstić information content (AvgIpc) is 3.37. The van der Waals surface area contributed by atoms with E-state index in [1.165, 1.54) is 29.9 Å². The minimum absolute atomic E-state index is 0.0192. The lowest BCUT2D eigenvalue weighted by Crippen LogP contribution is -2.49. The number of benzene rings is 3. The lowest BCUT2D eigenvalue weighted by atomic mass is 10.0. The summed E-state index contributed by atoms with van der Waals surface area (Å²) in [6.45, 7) is 0.350. The molecule has 4 aromatic rings. The molecule has 4 rings (SSSR count). The first-order valence-corrected chi connectivity index (χ1v) is 11.9. The van der Waals surface area contributed by atoms with Gasteiger partial charge in [-0.2, -0.15) is 0 Å². The molecule has 0 aliphatic carbocycles. The molecule has 0 aliphatic heterocycles. The molecular weight excluding hydrogens is 516 g/mol. The van der Waals surface area contributed by atoms with E-state index in [0.29, 0.717) is 23.0 Å². The van der Waals surface area contributed by atoms with Crippen LogP contribution in [0.5, 0.6) is 5.75 Å². The summed E-state index contributed by atoms with van der Waals surface area (Å²) in [6, 6.07) is 15.7. The van der Waals surface area contributed by atoms with Crippen LogP contribution in [-0.4, -0.2) is 47.0 Å². The molecule has 1 heterocycles. The number of nitrogens with zero attached hydrogens (tertiary/aromatic N) is 4. The van der Waals surface area contributed by atoms with E-state index in [9.17, 15) is 18.4 Å². The highest BCUT2D eigenvalue weighted by Crippen LogP contribution is 2.20. The maximum atomic E-state index is 13.8. The second kappa shape index (κ2) is 11.8. The van der Waals surface area contributed by atoms with Crippen LogP contribution in [0.15, 0.2) is 72.9 Å². The summed E-state index contributed by atoms with van der Waals surface area (Å²) in [5.74, 6) is -2.12. The molecule has 2 amide bonds. The van der Waals surface area contributed by atoms with Crippen LogP contribution in [0.1, 0.15) is 21.6 Å². The van der Waals surface area contributed by atoms with Crippen molar-refractivity contribution in [3.8, 4) is 5.75 Å². The Morgan fingerprint density at radius 1 is 1.03 bits per heavy atom. The number of likely N-dealkylation sites (N-methyl/N-ethyl adjacent to an activating group) is 1. The van der Waals surface area contributed by atoms with Gasteiger partial charge in [0.2, 0.25) is 5.91 Å². The minimum Gasteiger partial charge on any atom is -0.497 e. The van der Waals surface area contributed by atoms with Crippen molar-refractivity contribution < 1.29 is 23.1 Å². The highest BCUT2D eigenvalue weighted by Gasteiger charge is 2.27. The van der Waals surface area contributed by atoms with Gasteiger partial charge in [0.05, 0.1) is 19.9 Å². The molecule has 0 bridgehead atoms. The van der Waals surface area contributed by atoms with Gasteiger partial charge in [-0.25, -0.2) is 13.5 Å². The van der Waals surface area contributed by atoms with Gasteiger partial charge in [0.25, 0.3) is 5.91 Å². The molecule has 1 N–H and O–H groups in total. The number of halogens is 3. The molecule has 3 aromatic carbocycles. The lowest BCUT2D eigenvalue weighted by molar-refractivity contribution is -0.120. The van der Waals surface area contributed by atoms with Crippen molar-refractivity contribution in [2.45, 2.75) is 19.0 Å². The van der Waals surface area contributed by atoms with Gasteiger partial charge < -0.3 is 15.0 Å². The summed E-state index contributed by atoms with van der Waals surface area (Å²) in [4.78, 5) is 27.9. The number of hydrogen-bond acceptors (Lipinski definition) is 5. The van der Waals surface area contributed by atoms with Crippen LogP contribution >= 0.6 is 11.6 Å². The van der Waals surface area contributed by atoms with Crippen molar-refractivity contribution >= 4 is 29.1 Å². The van der Waals surface area contributed by atoms with Crippen LogP contribution in [0.2, 0.25) is 5.02 Å². The van der Waals surface area contributed by atoms with Crippen molar-refractivity contribution in [1.82, 2.24) is 20.3 Å². The number of ether oxygens (including phenoxy) is 1. The fraction of sp³-hybridized carbons (Fsp3) is 0.185. The largest absolute Gasteiger partial charge is 0.497 e. The predicted octanol–water partition coefficient (Wildman–Crippen LogP) is 4.27. The van der Waals surface area contributed by atoms with Crippen LogP contribution in [-0.2, 0) is 17.8 Å². The number of carbonyl (C=O) groups is 2. The fourth-order valence-electron chi connectivity index (χ4n) is 3.82. The van der Waals surface area contributed by atoms with Crippen LogP contribution in [0.25, 0.3) is 0 Å². The second-order valence-electron chi connectivity index (χ2n) is 8.53. The molecule has 38 heavy (non-hydrogen) atoms. The number of carbonyl (C=O) groups excluding carboxylic acids is 2. The monoisotopic (exact) mass is 539 g/mol. The Morgan fingerprint density at radius 3 is 2.32 bits per heavy atom. The zero-order chi connectivity index (χ0) is 27.2. The van der Waals surface area contributed by atoms with Crippen molar-refractivity contribution in [1.29, 1.82) is 0 Å². The van der Waals surface area contributed by atoms with Crippen molar-refractivity contribution in [2.24, 2.45) is 0 Å². The van der Waals surface area contributed by atoms with Crippen LogP contribution in [0, 0.1) is 11.6 Å². The van der Waals surface area contributed by atoms with E-state index >= 15 is 0 Å². The standard InChI is InChI=1S/C27H24ClF2N5O3/c1-34(22-7-9-23(38-2)10-8-22)27(37)24(13-18-11-20(29)14-21(30)12-18)31-26(36)25-16-35(33-32-25)15-17-3-5-19(28)6-4-17/h3-12,14,16,24H,13,15H2,1-2H3,(H,31,36). The first-order chi connectivity index (χ1) is 18.2. The van der Waals surface area contributed by atoms with Crippen LogP contribution in [0.4, 0.5) is 14.5 Å². The number of anilines is 1. The highest BCUT2D eigenvalue weighted by molar-refractivity contribution is 6.30.